The Balaban J connectivity index is 1.62. The minimum atomic E-state index is -4.64. The summed E-state index contributed by atoms with van der Waals surface area (Å²) in [5.41, 5.74) is 0.705. The quantitative estimate of drug-likeness (QED) is 0.410. The fraction of sp³-hybridized carbons (Fsp3) is 0.370. The third-order valence-electron chi connectivity index (χ3n) is 6.93. The Kier molecular flexibility index (Phi) is 8.45. The van der Waals surface area contributed by atoms with E-state index in [1.807, 2.05) is 24.3 Å². The van der Waals surface area contributed by atoms with E-state index in [4.69, 9.17) is 0 Å². The molecule has 10 nitrogen and oxygen atoms in total. The first-order chi connectivity index (χ1) is 19.2. The Labute approximate surface area is 235 Å². The van der Waals surface area contributed by atoms with Crippen molar-refractivity contribution in [3.63, 3.8) is 0 Å². The van der Waals surface area contributed by atoms with Crippen molar-refractivity contribution in [2.75, 3.05) is 24.5 Å². The topological polar surface area (TPSA) is 125 Å². The number of aromatic nitrogens is 2. The van der Waals surface area contributed by atoms with Crippen LogP contribution in [0.5, 0.6) is 0 Å². The standard InChI is InChI=1S/C27H30F3N5O5S/c1-17(2)19-6-4-18(5-7-19)15-31-25(36)23-16-34(24-14-22(26(37)38)32-33(24)3)12-13-35(23)41(39,40)21-10-8-20(9-11-21)27(28,29)30/h4-11,14,17,23H,12-13,15-16H2,1-3H3,(H,31,36)(H,37,38)/t23-/m1/s1. The van der Waals surface area contributed by atoms with Crippen molar-refractivity contribution < 1.29 is 36.3 Å². The molecular weight excluding hydrogens is 563 g/mol. The molecular formula is C27H30F3N5O5S. The van der Waals surface area contributed by atoms with E-state index in [1.165, 1.54) is 17.8 Å². The highest BCUT2D eigenvalue weighted by molar-refractivity contribution is 7.89. The van der Waals surface area contributed by atoms with Crippen LogP contribution in [0.3, 0.4) is 0 Å². The maximum absolute atomic E-state index is 13.6. The normalized spacial score (nSPS) is 16.7. The molecule has 1 fully saturated rings. The average molecular weight is 594 g/mol. The van der Waals surface area contributed by atoms with Crippen molar-refractivity contribution >= 4 is 27.7 Å². The number of sulfonamides is 1. The zero-order valence-electron chi connectivity index (χ0n) is 22.6. The van der Waals surface area contributed by atoms with Gasteiger partial charge in [-0.15, -0.1) is 0 Å². The molecule has 0 aliphatic carbocycles. The van der Waals surface area contributed by atoms with Gasteiger partial charge in [0.05, 0.1) is 10.5 Å². The van der Waals surface area contributed by atoms with Gasteiger partial charge in [0.1, 0.15) is 11.9 Å². The van der Waals surface area contributed by atoms with E-state index < -0.39 is 39.7 Å². The lowest BCUT2D eigenvalue weighted by Crippen LogP contribution is -2.60. The number of carbonyl (C=O) groups excluding carboxylic acids is 1. The smallest absolute Gasteiger partial charge is 0.416 e. The number of rotatable bonds is 8. The largest absolute Gasteiger partial charge is 0.476 e. The Morgan fingerprint density at radius 1 is 1.07 bits per heavy atom. The van der Waals surface area contributed by atoms with Crippen molar-refractivity contribution in [1.82, 2.24) is 19.4 Å². The summed E-state index contributed by atoms with van der Waals surface area (Å²) in [7, 11) is -2.85. The number of anilines is 1. The van der Waals surface area contributed by atoms with Crippen LogP contribution in [0.1, 0.15) is 46.9 Å². The molecule has 0 bridgehead atoms. The number of benzene rings is 2. The maximum Gasteiger partial charge on any atom is 0.416 e. The van der Waals surface area contributed by atoms with Gasteiger partial charge in [-0.1, -0.05) is 38.1 Å². The molecule has 1 aliphatic heterocycles. The molecule has 2 aromatic carbocycles. The summed E-state index contributed by atoms with van der Waals surface area (Å²) < 4.78 is 68.6. The van der Waals surface area contributed by atoms with E-state index in [0.29, 0.717) is 23.9 Å². The van der Waals surface area contributed by atoms with Gasteiger partial charge in [-0.3, -0.25) is 9.48 Å². The summed E-state index contributed by atoms with van der Waals surface area (Å²) in [6.45, 7) is 3.99. The van der Waals surface area contributed by atoms with Gasteiger partial charge in [0.2, 0.25) is 15.9 Å². The highest BCUT2D eigenvalue weighted by Crippen LogP contribution is 2.31. The summed E-state index contributed by atoms with van der Waals surface area (Å²) in [5.74, 6) is -1.16. The lowest BCUT2D eigenvalue weighted by molar-refractivity contribution is -0.137. The van der Waals surface area contributed by atoms with Crippen LogP contribution in [0.2, 0.25) is 0 Å². The first-order valence-corrected chi connectivity index (χ1v) is 14.2. The molecule has 1 atom stereocenters. The number of carboxylic acid groups (broad SMARTS) is 1. The zero-order chi connectivity index (χ0) is 30.1. The highest BCUT2D eigenvalue weighted by Gasteiger charge is 2.41. The first kappa shape index (κ1) is 30.1. The number of carboxylic acids is 1. The Bertz CT molecular complexity index is 1520. The van der Waals surface area contributed by atoms with Crippen molar-refractivity contribution in [2.24, 2.45) is 7.05 Å². The maximum atomic E-state index is 13.6. The van der Waals surface area contributed by atoms with E-state index in [0.717, 1.165) is 27.6 Å². The number of aryl methyl sites for hydroxylation is 1. The second kappa shape index (κ2) is 11.5. The lowest BCUT2D eigenvalue weighted by atomic mass is 10.0. The van der Waals surface area contributed by atoms with Gasteiger partial charge in [-0.2, -0.15) is 22.6 Å². The number of hydrogen-bond acceptors (Lipinski definition) is 6. The molecule has 2 heterocycles. The van der Waals surface area contributed by atoms with Crippen LogP contribution < -0.4 is 10.2 Å². The third-order valence-corrected chi connectivity index (χ3v) is 8.86. The van der Waals surface area contributed by atoms with Gasteiger partial charge in [-0.05, 0) is 41.3 Å². The monoisotopic (exact) mass is 593 g/mol. The average Bonchev–Trinajstić information content (AvgIpc) is 3.33. The zero-order valence-corrected chi connectivity index (χ0v) is 23.4. The number of nitrogens with zero attached hydrogens (tertiary/aromatic N) is 4. The van der Waals surface area contributed by atoms with Crippen molar-refractivity contribution in [3.05, 3.63) is 77.0 Å². The Hall–Kier alpha value is -3.91. The molecule has 4 rings (SSSR count). The number of amides is 1. The predicted octanol–water partition coefficient (Wildman–Crippen LogP) is 3.46. The van der Waals surface area contributed by atoms with E-state index >= 15 is 0 Å². The van der Waals surface area contributed by atoms with E-state index in [2.05, 4.69) is 24.3 Å². The van der Waals surface area contributed by atoms with E-state index in [-0.39, 0.29) is 36.8 Å². The number of nitrogens with one attached hydrogen (secondary N) is 1. The van der Waals surface area contributed by atoms with Crippen molar-refractivity contribution in [3.8, 4) is 0 Å². The van der Waals surface area contributed by atoms with E-state index in [9.17, 15) is 36.3 Å². The van der Waals surface area contributed by atoms with Crippen LogP contribution in [-0.2, 0) is 34.6 Å². The van der Waals surface area contributed by atoms with E-state index in [1.54, 1.807) is 4.90 Å². The number of hydrogen-bond donors (Lipinski definition) is 2. The van der Waals surface area contributed by atoms with Gasteiger partial charge in [0.15, 0.2) is 5.69 Å². The molecule has 14 heteroatoms. The van der Waals surface area contributed by atoms with Crippen molar-refractivity contribution in [2.45, 2.75) is 43.4 Å². The molecule has 0 saturated carbocycles. The van der Waals surface area contributed by atoms with Crippen LogP contribution in [0.25, 0.3) is 0 Å². The minimum absolute atomic E-state index is 0.0822. The molecule has 1 amide bonds. The summed E-state index contributed by atoms with van der Waals surface area (Å²) >= 11 is 0. The second-order valence-corrected chi connectivity index (χ2v) is 11.9. The highest BCUT2D eigenvalue weighted by atomic mass is 32.2. The predicted molar refractivity (Wildman–Crippen MR) is 144 cm³/mol. The SMILES string of the molecule is CC(C)c1ccc(CNC(=O)[C@H]2CN(c3cc(C(=O)O)nn3C)CCN2S(=O)(=O)c2ccc(C(F)(F)F)cc2)cc1. The first-order valence-electron chi connectivity index (χ1n) is 12.8. The fourth-order valence-electron chi connectivity index (χ4n) is 4.61. The summed E-state index contributed by atoms with van der Waals surface area (Å²) in [4.78, 5) is 26.2. The second-order valence-electron chi connectivity index (χ2n) is 10.0. The molecule has 41 heavy (non-hydrogen) atoms. The summed E-state index contributed by atoms with van der Waals surface area (Å²) in [5, 5.41) is 16.0. The molecule has 2 N–H and O–H groups in total. The number of carbonyl (C=O) groups is 2. The molecule has 220 valence electrons. The third kappa shape index (κ3) is 6.54. The molecule has 0 spiro atoms. The number of piperazine rings is 1. The van der Waals surface area contributed by atoms with Crippen LogP contribution in [-0.4, -0.2) is 65.2 Å². The fourth-order valence-corrected chi connectivity index (χ4v) is 6.18. The number of alkyl halides is 3. The minimum Gasteiger partial charge on any atom is -0.476 e. The van der Waals surface area contributed by atoms with Gasteiger partial charge in [-0.25, -0.2) is 13.2 Å². The number of aromatic carboxylic acids is 1. The Morgan fingerprint density at radius 2 is 1.71 bits per heavy atom. The summed E-state index contributed by atoms with van der Waals surface area (Å²) in [6.07, 6.45) is -4.64. The van der Waals surface area contributed by atoms with Crippen LogP contribution >= 0.6 is 0 Å². The molecule has 0 unspecified atom stereocenters. The van der Waals surface area contributed by atoms with Crippen LogP contribution in [0.15, 0.2) is 59.5 Å². The number of halogens is 3. The van der Waals surface area contributed by atoms with Crippen LogP contribution in [0.4, 0.5) is 19.0 Å². The lowest BCUT2D eigenvalue weighted by Gasteiger charge is -2.40. The molecule has 1 aliphatic rings. The van der Waals surface area contributed by atoms with Gasteiger partial charge < -0.3 is 15.3 Å². The molecule has 1 aromatic heterocycles. The Morgan fingerprint density at radius 3 is 2.24 bits per heavy atom. The molecule has 0 radical (unpaired) electrons. The van der Waals surface area contributed by atoms with Gasteiger partial charge in [0, 0.05) is 39.3 Å². The summed E-state index contributed by atoms with van der Waals surface area (Å²) in [6, 6.07) is 10.8. The van der Waals surface area contributed by atoms with Gasteiger partial charge >= 0.3 is 12.1 Å². The molecule has 3 aromatic rings. The molecule has 1 saturated heterocycles. The van der Waals surface area contributed by atoms with Gasteiger partial charge in [0.25, 0.3) is 0 Å². The van der Waals surface area contributed by atoms with Crippen LogP contribution in [0, 0.1) is 0 Å². The van der Waals surface area contributed by atoms with Crippen molar-refractivity contribution in [1.29, 1.82) is 0 Å².